The zero-order chi connectivity index (χ0) is 14.6. The number of hydrogen-bond donors (Lipinski definition) is 0. The number of carbonyl (C=O) groups is 1. The molecule has 0 atom stereocenters. The Balaban J connectivity index is 2.10. The van der Waals surface area contributed by atoms with Crippen LogP contribution in [0.25, 0.3) is 0 Å². The molecule has 3 nitrogen and oxygen atoms in total. The van der Waals surface area contributed by atoms with Gasteiger partial charge < -0.3 is 4.74 Å². The molecule has 0 fully saturated rings. The third kappa shape index (κ3) is 7.20. The summed E-state index contributed by atoms with van der Waals surface area (Å²) in [5.41, 5.74) is 1.77. The minimum Gasteiger partial charge on any atom is -0.465 e. The lowest BCUT2D eigenvalue weighted by Gasteiger charge is -2.05. The van der Waals surface area contributed by atoms with Crippen LogP contribution in [0.1, 0.15) is 43.7 Å². The molecule has 4 heteroatoms. The van der Waals surface area contributed by atoms with Crippen LogP contribution in [-0.2, 0) is 15.3 Å². The minimum atomic E-state index is -0.139. The summed E-state index contributed by atoms with van der Waals surface area (Å²) in [6.07, 6.45) is 4.47. The second-order valence-electron chi connectivity index (χ2n) is 4.58. The first-order chi connectivity index (χ1) is 9.76. The Morgan fingerprint density at radius 3 is 2.65 bits per heavy atom. The fourth-order valence-electron chi connectivity index (χ4n) is 1.68. The zero-order valence-corrected chi connectivity index (χ0v) is 12.7. The van der Waals surface area contributed by atoms with E-state index in [9.17, 15) is 4.79 Å². The topological polar surface area (TPSA) is 50.1 Å². The van der Waals surface area contributed by atoms with Crippen molar-refractivity contribution in [3.05, 3.63) is 35.4 Å². The highest BCUT2D eigenvalue weighted by atomic mass is 32.2. The molecule has 1 aromatic carbocycles. The average Bonchev–Trinajstić information content (AvgIpc) is 2.48. The van der Waals surface area contributed by atoms with Crippen molar-refractivity contribution >= 4 is 17.7 Å². The number of unbranched alkanes of at least 4 members (excludes halogenated alkanes) is 3. The molecule has 1 aromatic rings. The van der Waals surface area contributed by atoms with Gasteiger partial charge in [-0.25, -0.2) is 0 Å². The van der Waals surface area contributed by atoms with Gasteiger partial charge in [-0.1, -0.05) is 38.3 Å². The van der Waals surface area contributed by atoms with Crippen LogP contribution < -0.4 is 0 Å². The zero-order valence-electron chi connectivity index (χ0n) is 11.9. The Labute approximate surface area is 125 Å². The van der Waals surface area contributed by atoms with Crippen LogP contribution in [0.2, 0.25) is 0 Å². The Morgan fingerprint density at radius 1 is 1.25 bits per heavy atom. The number of thioether (sulfide) groups is 1. The lowest BCUT2D eigenvalue weighted by molar-refractivity contribution is -0.140. The first-order valence-electron chi connectivity index (χ1n) is 6.98. The summed E-state index contributed by atoms with van der Waals surface area (Å²) < 4.78 is 5.16. The van der Waals surface area contributed by atoms with E-state index in [4.69, 9.17) is 10.00 Å². The molecule has 108 valence electrons. The standard InChI is InChI=1S/C16H21NO2S/c1-2-3-4-5-10-19-16(18)13-20-12-15-8-6-14(11-17)7-9-15/h6-9H,2-5,10,12-13H2,1H3. The quantitative estimate of drug-likeness (QED) is 0.511. The maximum Gasteiger partial charge on any atom is 0.315 e. The molecule has 0 unspecified atom stereocenters. The number of esters is 1. The van der Waals surface area contributed by atoms with Crippen LogP contribution >= 0.6 is 11.8 Å². The van der Waals surface area contributed by atoms with Crippen molar-refractivity contribution in [2.45, 2.75) is 38.4 Å². The van der Waals surface area contributed by atoms with Gasteiger partial charge in [0, 0.05) is 5.75 Å². The molecule has 0 radical (unpaired) electrons. The van der Waals surface area contributed by atoms with Gasteiger partial charge in [-0.2, -0.15) is 5.26 Å². The van der Waals surface area contributed by atoms with E-state index < -0.39 is 0 Å². The van der Waals surface area contributed by atoms with Gasteiger partial charge in [0.1, 0.15) is 0 Å². The van der Waals surface area contributed by atoms with E-state index in [0.717, 1.165) is 24.2 Å². The number of benzene rings is 1. The lowest BCUT2D eigenvalue weighted by Crippen LogP contribution is -2.08. The van der Waals surface area contributed by atoms with E-state index in [2.05, 4.69) is 13.0 Å². The van der Waals surface area contributed by atoms with E-state index in [0.29, 0.717) is 17.9 Å². The SMILES string of the molecule is CCCCCCOC(=O)CSCc1ccc(C#N)cc1. The molecule has 0 saturated carbocycles. The Morgan fingerprint density at radius 2 is 2.00 bits per heavy atom. The summed E-state index contributed by atoms with van der Waals surface area (Å²) in [5, 5.41) is 8.70. The molecule has 0 aliphatic carbocycles. The van der Waals surface area contributed by atoms with Crippen LogP contribution in [0.3, 0.4) is 0 Å². The normalized spacial score (nSPS) is 10.0. The van der Waals surface area contributed by atoms with Gasteiger partial charge in [0.15, 0.2) is 0 Å². The van der Waals surface area contributed by atoms with Gasteiger partial charge in [-0.05, 0) is 24.1 Å². The molecule has 0 aromatic heterocycles. The number of nitrogens with zero attached hydrogens (tertiary/aromatic N) is 1. The number of nitriles is 1. The molecule has 0 aliphatic rings. The van der Waals surface area contributed by atoms with E-state index in [1.54, 1.807) is 12.1 Å². The third-order valence-electron chi connectivity index (χ3n) is 2.83. The van der Waals surface area contributed by atoms with Crippen LogP contribution in [0.4, 0.5) is 0 Å². The molecule has 0 N–H and O–H groups in total. The van der Waals surface area contributed by atoms with Crippen molar-refractivity contribution in [1.82, 2.24) is 0 Å². The molecule has 0 aliphatic heterocycles. The summed E-state index contributed by atoms with van der Waals surface area (Å²) in [4.78, 5) is 11.5. The molecule has 1 rings (SSSR count). The second kappa shape index (κ2) is 10.3. The van der Waals surface area contributed by atoms with Crippen molar-refractivity contribution in [3.8, 4) is 6.07 Å². The molecule has 0 amide bonds. The number of carbonyl (C=O) groups excluding carboxylic acids is 1. The number of ether oxygens (including phenoxy) is 1. The van der Waals surface area contributed by atoms with Crippen LogP contribution in [0.5, 0.6) is 0 Å². The summed E-state index contributed by atoms with van der Waals surface area (Å²) in [6, 6.07) is 9.51. The largest absolute Gasteiger partial charge is 0.465 e. The number of hydrogen-bond acceptors (Lipinski definition) is 4. The van der Waals surface area contributed by atoms with E-state index >= 15 is 0 Å². The fraction of sp³-hybridized carbons (Fsp3) is 0.500. The summed E-state index contributed by atoms with van der Waals surface area (Å²) in [6.45, 7) is 2.70. The Bertz CT molecular complexity index is 437. The maximum absolute atomic E-state index is 11.5. The van der Waals surface area contributed by atoms with Gasteiger partial charge in [-0.15, -0.1) is 11.8 Å². The lowest BCUT2D eigenvalue weighted by atomic mass is 10.2. The van der Waals surface area contributed by atoms with Crippen molar-refractivity contribution in [1.29, 1.82) is 5.26 Å². The van der Waals surface area contributed by atoms with Gasteiger partial charge in [-0.3, -0.25) is 4.79 Å². The summed E-state index contributed by atoms with van der Waals surface area (Å²) >= 11 is 1.54. The summed E-state index contributed by atoms with van der Waals surface area (Å²) in [5.74, 6) is 1.00. The van der Waals surface area contributed by atoms with E-state index in [1.165, 1.54) is 24.6 Å². The third-order valence-corrected chi connectivity index (χ3v) is 3.81. The smallest absolute Gasteiger partial charge is 0.315 e. The first kappa shape index (κ1) is 16.6. The molecule has 20 heavy (non-hydrogen) atoms. The van der Waals surface area contributed by atoms with Crippen molar-refractivity contribution in [2.75, 3.05) is 12.4 Å². The average molecular weight is 291 g/mol. The van der Waals surface area contributed by atoms with Crippen molar-refractivity contribution < 1.29 is 9.53 Å². The van der Waals surface area contributed by atoms with Gasteiger partial charge in [0.05, 0.1) is 24.0 Å². The van der Waals surface area contributed by atoms with Gasteiger partial charge in [0.25, 0.3) is 0 Å². The van der Waals surface area contributed by atoms with Crippen LogP contribution in [-0.4, -0.2) is 18.3 Å². The predicted octanol–water partition coefficient (Wildman–Crippen LogP) is 3.91. The maximum atomic E-state index is 11.5. The molecule has 0 heterocycles. The van der Waals surface area contributed by atoms with Gasteiger partial charge >= 0.3 is 5.97 Å². The Hall–Kier alpha value is -1.47. The number of rotatable bonds is 9. The molecular formula is C16H21NO2S. The molecular weight excluding hydrogens is 270 g/mol. The predicted molar refractivity (Wildman–Crippen MR) is 82.4 cm³/mol. The van der Waals surface area contributed by atoms with E-state index in [1.807, 2.05) is 12.1 Å². The first-order valence-corrected chi connectivity index (χ1v) is 8.14. The minimum absolute atomic E-state index is 0.139. The highest BCUT2D eigenvalue weighted by Crippen LogP contribution is 2.13. The van der Waals surface area contributed by atoms with Crippen molar-refractivity contribution in [2.24, 2.45) is 0 Å². The second-order valence-corrected chi connectivity index (χ2v) is 5.57. The van der Waals surface area contributed by atoms with E-state index in [-0.39, 0.29) is 5.97 Å². The monoisotopic (exact) mass is 291 g/mol. The van der Waals surface area contributed by atoms with Gasteiger partial charge in [0.2, 0.25) is 0 Å². The van der Waals surface area contributed by atoms with Crippen molar-refractivity contribution in [3.63, 3.8) is 0 Å². The van der Waals surface area contributed by atoms with Crippen LogP contribution in [0.15, 0.2) is 24.3 Å². The molecule has 0 bridgehead atoms. The Kier molecular flexibility index (Phi) is 8.57. The molecule has 0 saturated heterocycles. The van der Waals surface area contributed by atoms with Crippen LogP contribution in [0, 0.1) is 11.3 Å². The highest BCUT2D eigenvalue weighted by Gasteiger charge is 2.03. The fourth-order valence-corrected chi connectivity index (χ4v) is 2.46. The molecule has 0 spiro atoms. The highest BCUT2D eigenvalue weighted by molar-refractivity contribution is 7.99. The summed E-state index contributed by atoms with van der Waals surface area (Å²) in [7, 11) is 0.